The fraction of sp³-hybridized carbons (Fsp3) is 0.368. The lowest BCUT2D eigenvalue weighted by molar-refractivity contribution is -0.119. The smallest absolute Gasteiger partial charge is 0.374 e. The summed E-state index contributed by atoms with van der Waals surface area (Å²) in [7, 11) is -3.61. The van der Waals surface area contributed by atoms with Gasteiger partial charge in [-0.05, 0) is 49.6 Å². The summed E-state index contributed by atoms with van der Waals surface area (Å²) in [6.45, 7) is 2.24. The van der Waals surface area contributed by atoms with E-state index in [4.69, 9.17) is 9.15 Å². The molecule has 0 radical (unpaired) electrons. The van der Waals surface area contributed by atoms with Gasteiger partial charge in [-0.25, -0.2) is 13.2 Å². The number of carbonyl (C=O) groups excluding carboxylic acids is 2. The van der Waals surface area contributed by atoms with Crippen LogP contribution >= 0.6 is 0 Å². The van der Waals surface area contributed by atoms with Crippen LogP contribution in [-0.2, 0) is 19.6 Å². The quantitative estimate of drug-likeness (QED) is 0.739. The van der Waals surface area contributed by atoms with Gasteiger partial charge in [0.15, 0.2) is 6.61 Å². The maximum absolute atomic E-state index is 12.8. The van der Waals surface area contributed by atoms with Gasteiger partial charge in [0.2, 0.25) is 15.8 Å². The number of hydrogen-bond acceptors (Lipinski definition) is 6. The van der Waals surface area contributed by atoms with E-state index < -0.39 is 28.5 Å². The molecule has 150 valence electrons. The van der Waals surface area contributed by atoms with E-state index in [1.807, 2.05) is 0 Å². The van der Waals surface area contributed by atoms with Crippen molar-refractivity contribution < 1.29 is 27.2 Å². The Balaban J connectivity index is 1.67. The van der Waals surface area contributed by atoms with E-state index in [9.17, 15) is 18.0 Å². The Morgan fingerprint density at radius 2 is 1.93 bits per heavy atom. The number of esters is 1. The van der Waals surface area contributed by atoms with Crippen LogP contribution in [0.15, 0.2) is 45.9 Å². The lowest BCUT2D eigenvalue weighted by Crippen LogP contribution is -2.35. The van der Waals surface area contributed by atoms with Crippen molar-refractivity contribution in [3.63, 3.8) is 0 Å². The van der Waals surface area contributed by atoms with E-state index in [1.54, 1.807) is 13.0 Å². The Bertz CT molecular complexity index is 947. The zero-order valence-corrected chi connectivity index (χ0v) is 16.3. The zero-order valence-electron chi connectivity index (χ0n) is 15.5. The zero-order chi connectivity index (χ0) is 20.1. The van der Waals surface area contributed by atoms with E-state index >= 15 is 0 Å². The molecule has 1 aliphatic heterocycles. The third kappa shape index (κ3) is 4.60. The predicted octanol–water partition coefficient (Wildman–Crippen LogP) is 2.56. The molecule has 2 aromatic rings. The van der Waals surface area contributed by atoms with Crippen molar-refractivity contribution in [1.82, 2.24) is 4.31 Å². The molecule has 8 nitrogen and oxygen atoms in total. The number of amides is 1. The second-order valence-electron chi connectivity index (χ2n) is 6.54. The van der Waals surface area contributed by atoms with Gasteiger partial charge in [0.1, 0.15) is 0 Å². The Morgan fingerprint density at radius 3 is 2.61 bits per heavy atom. The Labute approximate surface area is 163 Å². The lowest BCUT2D eigenvalue weighted by atomic mass is 10.2. The molecule has 1 aromatic carbocycles. The van der Waals surface area contributed by atoms with Crippen LogP contribution < -0.4 is 5.32 Å². The minimum absolute atomic E-state index is 0.00129. The number of ether oxygens (including phenoxy) is 1. The summed E-state index contributed by atoms with van der Waals surface area (Å²) in [6, 6.07) is 7.58. The fourth-order valence-corrected chi connectivity index (χ4v) is 4.48. The molecule has 0 saturated carbocycles. The molecule has 9 heteroatoms. The van der Waals surface area contributed by atoms with Crippen molar-refractivity contribution >= 4 is 27.6 Å². The number of rotatable bonds is 6. The normalized spacial score (nSPS) is 15.2. The van der Waals surface area contributed by atoms with Crippen LogP contribution in [0.25, 0.3) is 0 Å². The third-order valence-corrected chi connectivity index (χ3v) is 6.39. The van der Waals surface area contributed by atoms with E-state index in [-0.39, 0.29) is 10.7 Å². The molecule has 28 heavy (non-hydrogen) atoms. The molecule has 3 rings (SSSR count). The van der Waals surface area contributed by atoms with Crippen molar-refractivity contribution in [3.05, 3.63) is 47.9 Å². The van der Waals surface area contributed by atoms with Gasteiger partial charge >= 0.3 is 5.97 Å². The Kier molecular flexibility index (Phi) is 6.15. The summed E-state index contributed by atoms with van der Waals surface area (Å²) in [5.74, 6) is -1.33. The van der Waals surface area contributed by atoms with Crippen LogP contribution in [0.2, 0.25) is 0 Å². The highest BCUT2D eigenvalue weighted by Gasteiger charge is 2.26. The van der Waals surface area contributed by atoms with Gasteiger partial charge < -0.3 is 14.5 Å². The van der Waals surface area contributed by atoms with E-state index in [0.717, 1.165) is 19.3 Å². The number of sulfonamides is 1. The van der Waals surface area contributed by atoms with Crippen molar-refractivity contribution in [3.8, 4) is 0 Å². The van der Waals surface area contributed by atoms with Gasteiger partial charge in [-0.1, -0.05) is 12.5 Å². The van der Waals surface area contributed by atoms with Crippen LogP contribution in [0, 0.1) is 6.92 Å². The highest BCUT2D eigenvalue weighted by Crippen LogP contribution is 2.25. The van der Waals surface area contributed by atoms with E-state index in [2.05, 4.69) is 5.32 Å². The van der Waals surface area contributed by atoms with Gasteiger partial charge in [-0.3, -0.25) is 4.79 Å². The molecule has 0 atom stereocenters. The molecule has 1 saturated heterocycles. The fourth-order valence-electron chi connectivity index (χ4n) is 2.93. The number of aryl methyl sites for hydroxylation is 1. The number of piperidine rings is 1. The van der Waals surface area contributed by atoms with Crippen LogP contribution in [0.1, 0.15) is 35.4 Å². The second kappa shape index (κ2) is 8.57. The molecular weight excluding hydrogens is 384 g/mol. The molecule has 0 spiro atoms. The molecular formula is C19H22N2O6S. The summed E-state index contributed by atoms with van der Waals surface area (Å²) in [5.41, 5.74) is 1.06. The van der Waals surface area contributed by atoms with Crippen LogP contribution in [-0.4, -0.2) is 44.3 Å². The van der Waals surface area contributed by atoms with Gasteiger partial charge in [-0.2, -0.15) is 4.31 Å². The molecule has 1 aliphatic rings. The van der Waals surface area contributed by atoms with E-state index in [1.165, 1.54) is 34.8 Å². The summed E-state index contributed by atoms with van der Waals surface area (Å²) < 4.78 is 36.9. The molecule has 1 fully saturated rings. The third-order valence-electron chi connectivity index (χ3n) is 4.49. The van der Waals surface area contributed by atoms with Gasteiger partial charge in [0.25, 0.3) is 5.91 Å². The number of nitrogens with one attached hydrogen (secondary N) is 1. The van der Waals surface area contributed by atoms with Crippen LogP contribution in [0.4, 0.5) is 5.69 Å². The minimum Gasteiger partial charge on any atom is -0.457 e. The van der Waals surface area contributed by atoms with Crippen molar-refractivity contribution in [2.75, 3.05) is 25.0 Å². The number of furan rings is 1. The van der Waals surface area contributed by atoms with Gasteiger partial charge in [0.05, 0.1) is 11.2 Å². The van der Waals surface area contributed by atoms with Crippen molar-refractivity contribution in [1.29, 1.82) is 0 Å². The first-order valence-corrected chi connectivity index (χ1v) is 10.4. The number of benzene rings is 1. The lowest BCUT2D eigenvalue weighted by Gasteiger charge is -2.26. The Hall–Kier alpha value is -2.65. The number of hydrogen-bond donors (Lipinski definition) is 1. The standard InChI is InChI=1S/C19H22N2O6S/c1-14-7-8-15(28(24,25)21-9-3-2-4-10-21)12-16(14)20-18(22)13-27-19(23)17-6-5-11-26-17/h5-8,11-12H,2-4,9-10,13H2,1H3,(H,20,22). The average Bonchev–Trinajstić information content (AvgIpc) is 3.23. The Morgan fingerprint density at radius 1 is 1.18 bits per heavy atom. The second-order valence-corrected chi connectivity index (χ2v) is 8.48. The molecule has 2 heterocycles. The maximum atomic E-state index is 12.8. The number of anilines is 1. The average molecular weight is 406 g/mol. The first-order valence-electron chi connectivity index (χ1n) is 8.99. The van der Waals surface area contributed by atoms with Crippen LogP contribution in [0.3, 0.4) is 0 Å². The summed E-state index contributed by atoms with van der Waals surface area (Å²) in [4.78, 5) is 24.0. The highest BCUT2D eigenvalue weighted by atomic mass is 32.2. The van der Waals surface area contributed by atoms with Crippen molar-refractivity contribution in [2.24, 2.45) is 0 Å². The summed E-state index contributed by atoms with van der Waals surface area (Å²) in [5, 5.41) is 2.60. The SMILES string of the molecule is Cc1ccc(S(=O)(=O)N2CCCCC2)cc1NC(=O)COC(=O)c1ccco1. The number of carbonyl (C=O) groups is 2. The molecule has 1 amide bonds. The first kappa shape index (κ1) is 20.1. The van der Waals surface area contributed by atoms with Crippen molar-refractivity contribution in [2.45, 2.75) is 31.1 Å². The van der Waals surface area contributed by atoms with Crippen LogP contribution in [0.5, 0.6) is 0 Å². The first-order chi connectivity index (χ1) is 13.4. The highest BCUT2D eigenvalue weighted by molar-refractivity contribution is 7.89. The molecule has 0 bridgehead atoms. The van der Waals surface area contributed by atoms with Gasteiger partial charge in [0, 0.05) is 18.8 Å². The molecule has 0 aliphatic carbocycles. The molecule has 1 aromatic heterocycles. The maximum Gasteiger partial charge on any atom is 0.374 e. The summed E-state index contributed by atoms with van der Waals surface area (Å²) >= 11 is 0. The summed E-state index contributed by atoms with van der Waals surface area (Å²) in [6.07, 6.45) is 4.04. The minimum atomic E-state index is -3.61. The monoisotopic (exact) mass is 406 g/mol. The molecule has 1 N–H and O–H groups in total. The van der Waals surface area contributed by atoms with Gasteiger partial charge in [-0.15, -0.1) is 0 Å². The largest absolute Gasteiger partial charge is 0.457 e. The van der Waals surface area contributed by atoms with E-state index in [0.29, 0.717) is 24.3 Å². The predicted molar refractivity (Wildman–Crippen MR) is 101 cm³/mol. The number of nitrogens with zero attached hydrogens (tertiary/aromatic N) is 1. The topological polar surface area (TPSA) is 106 Å². The molecule has 0 unspecified atom stereocenters.